The van der Waals surface area contributed by atoms with Crippen molar-refractivity contribution in [3.8, 4) is 0 Å². The van der Waals surface area contributed by atoms with Gasteiger partial charge in [-0.25, -0.2) is 0 Å². The van der Waals surface area contributed by atoms with Crippen LogP contribution in [0.2, 0.25) is 0 Å². The van der Waals surface area contributed by atoms with Gasteiger partial charge in [0.2, 0.25) is 5.95 Å². The van der Waals surface area contributed by atoms with Gasteiger partial charge in [-0.1, -0.05) is 30.3 Å². The standard InChI is InChI=1S/C17H20N6O/c1-11(24)9-18-17-19-15-14-13(21-22-15)7-8-23(16(14)20-17)10-12-5-3-2-4-6-12/h2-6,11,24H,7-10H2,1H3,(H2,18,19,20,21,22). The Hall–Kier alpha value is -2.67. The van der Waals surface area contributed by atoms with Crippen molar-refractivity contribution in [3.05, 3.63) is 41.6 Å². The van der Waals surface area contributed by atoms with Crippen molar-refractivity contribution >= 4 is 22.8 Å². The molecule has 0 saturated heterocycles. The van der Waals surface area contributed by atoms with Crippen molar-refractivity contribution < 1.29 is 5.11 Å². The van der Waals surface area contributed by atoms with Crippen molar-refractivity contribution in [2.75, 3.05) is 23.3 Å². The van der Waals surface area contributed by atoms with Gasteiger partial charge in [-0.3, -0.25) is 5.10 Å². The molecule has 7 heteroatoms. The summed E-state index contributed by atoms with van der Waals surface area (Å²) < 4.78 is 0. The van der Waals surface area contributed by atoms with E-state index in [9.17, 15) is 5.11 Å². The summed E-state index contributed by atoms with van der Waals surface area (Å²) in [5, 5.41) is 20.9. The zero-order chi connectivity index (χ0) is 16.5. The largest absolute Gasteiger partial charge is 0.392 e. The molecule has 3 N–H and O–H groups in total. The molecule has 3 aromatic rings. The van der Waals surface area contributed by atoms with Crippen molar-refractivity contribution in [1.29, 1.82) is 0 Å². The number of rotatable bonds is 5. The molecule has 7 nitrogen and oxygen atoms in total. The van der Waals surface area contributed by atoms with Gasteiger partial charge in [-0.2, -0.15) is 15.1 Å². The molecule has 124 valence electrons. The van der Waals surface area contributed by atoms with Gasteiger partial charge >= 0.3 is 0 Å². The van der Waals surface area contributed by atoms with Crippen molar-refractivity contribution in [2.24, 2.45) is 0 Å². The fourth-order valence-electron chi connectivity index (χ4n) is 3.00. The summed E-state index contributed by atoms with van der Waals surface area (Å²) in [6.45, 7) is 3.81. The lowest BCUT2D eigenvalue weighted by molar-refractivity contribution is 0.208. The highest BCUT2D eigenvalue weighted by Crippen LogP contribution is 2.32. The number of aliphatic hydroxyl groups is 1. The minimum absolute atomic E-state index is 0.404. The topological polar surface area (TPSA) is 90.0 Å². The van der Waals surface area contributed by atoms with Gasteiger partial charge in [0.05, 0.1) is 17.2 Å². The van der Waals surface area contributed by atoms with Crippen LogP contribution in [0.5, 0.6) is 0 Å². The second-order valence-corrected chi connectivity index (χ2v) is 6.16. The van der Waals surface area contributed by atoms with Crippen LogP contribution < -0.4 is 10.2 Å². The number of hydrogen-bond donors (Lipinski definition) is 3. The normalized spacial score (nSPS) is 14.8. The third kappa shape index (κ3) is 2.78. The summed E-state index contributed by atoms with van der Waals surface area (Å²) >= 11 is 0. The number of anilines is 2. The number of aromatic amines is 1. The van der Waals surface area contributed by atoms with Crippen LogP contribution in [-0.4, -0.2) is 44.5 Å². The zero-order valence-corrected chi connectivity index (χ0v) is 13.5. The number of nitrogens with one attached hydrogen (secondary N) is 2. The number of nitrogens with zero attached hydrogens (tertiary/aromatic N) is 4. The molecule has 3 heterocycles. The van der Waals surface area contributed by atoms with E-state index < -0.39 is 6.10 Å². The van der Waals surface area contributed by atoms with Crippen molar-refractivity contribution in [2.45, 2.75) is 26.0 Å². The predicted molar refractivity (Wildman–Crippen MR) is 93.1 cm³/mol. The maximum atomic E-state index is 9.47. The van der Waals surface area contributed by atoms with Crippen LogP contribution in [0.25, 0.3) is 11.0 Å². The number of hydrogen-bond acceptors (Lipinski definition) is 6. The molecule has 1 unspecified atom stereocenters. The third-order valence-electron chi connectivity index (χ3n) is 4.17. The second-order valence-electron chi connectivity index (χ2n) is 6.16. The Morgan fingerprint density at radius 2 is 2.12 bits per heavy atom. The van der Waals surface area contributed by atoms with E-state index in [-0.39, 0.29) is 0 Å². The van der Waals surface area contributed by atoms with Gasteiger partial charge < -0.3 is 15.3 Å². The molecule has 1 aliphatic rings. The smallest absolute Gasteiger partial charge is 0.226 e. The molecule has 1 aliphatic heterocycles. The Morgan fingerprint density at radius 3 is 2.92 bits per heavy atom. The number of benzene rings is 1. The van der Waals surface area contributed by atoms with Crippen molar-refractivity contribution in [3.63, 3.8) is 0 Å². The molecule has 0 amide bonds. The van der Waals surface area contributed by atoms with Gasteiger partial charge in [-0.15, -0.1) is 0 Å². The first-order chi connectivity index (χ1) is 11.7. The first-order valence-electron chi connectivity index (χ1n) is 8.16. The number of aliphatic hydroxyl groups excluding tert-OH is 1. The van der Waals surface area contributed by atoms with Crippen LogP contribution in [0, 0.1) is 0 Å². The Bertz CT molecular complexity index is 845. The molecular formula is C17H20N6O. The average Bonchev–Trinajstić information content (AvgIpc) is 3.00. The van der Waals surface area contributed by atoms with Gasteiger partial charge in [0.15, 0.2) is 5.65 Å². The summed E-state index contributed by atoms with van der Waals surface area (Å²) in [6, 6.07) is 10.4. The molecular weight excluding hydrogens is 304 g/mol. The SMILES string of the molecule is CC(O)CNc1nc2c3c([nH]nc3n1)CCN2Cc1ccccc1. The van der Waals surface area contributed by atoms with E-state index in [0.29, 0.717) is 18.1 Å². The Labute approximate surface area is 139 Å². The van der Waals surface area contributed by atoms with Crippen LogP contribution in [-0.2, 0) is 13.0 Å². The molecule has 0 bridgehead atoms. The molecule has 1 atom stereocenters. The fraction of sp³-hybridized carbons (Fsp3) is 0.353. The van der Waals surface area contributed by atoms with Gasteiger partial charge in [0.1, 0.15) is 5.82 Å². The maximum absolute atomic E-state index is 9.47. The second kappa shape index (κ2) is 6.09. The molecule has 0 aliphatic carbocycles. The summed E-state index contributed by atoms with van der Waals surface area (Å²) in [5.74, 6) is 1.39. The minimum atomic E-state index is -0.462. The Kier molecular flexibility index (Phi) is 3.78. The summed E-state index contributed by atoms with van der Waals surface area (Å²) in [6.07, 6.45) is 0.441. The highest BCUT2D eigenvalue weighted by molar-refractivity contribution is 5.91. The zero-order valence-electron chi connectivity index (χ0n) is 13.5. The molecule has 2 aromatic heterocycles. The molecule has 0 radical (unpaired) electrons. The highest BCUT2D eigenvalue weighted by Gasteiger charge is 2.24. The van der Waals surface area contributed by atoms with Gasteiger partial charge in [-0.05, 0) is 12.5 Å². The molecule has 4 rings (SSSR count). The summed E-state index contributed by atoms with van der Waals surface area (Å²) in [4.78, 5) is 11.4. The maximum Gasteiger partial charge on any atom is 0.226 e. The van der Waals surface area contributed by atoms with Crippen LogP contribution in [0.1, 0.15) is 18.2 Å². The molecule has 24 heavy (non-hydrogen) atoms. The van der Waals surface area contributed by atoms with E-state index in [0.717, 1.165) is 36.4 Å². The van der Waals surface area contributed by atoms with E-state index >= 15 is 0 Å². The number of H-pyrrole nitrogens is 1. The lowest BCUT2D eigenvalue weighted by Gasteiger charge is -2.28. The van der Waals surface area contributed by atoms with Crippen LogP contribution >= 0.6 is 0 Å². The molecule has 0 saturated carbocycles. The third-order valence-corrected chi connectivity index (χ3v) is 4.17. The van der Waals surface area contributed by atoms with Crippen LogP contribution in [0.3, 0.4) is 0 Å². The number of aromatic nitrogens is 4. The van der Waals surface area contributed by atoms with Gasteiger partial charge in [0.25, 0.3) is 0 Å². The fourth-order valence-corrected chi connectivity index (χ4v) is 3.00. The van der Waals surface area contributed by atoms with Gasteiger partial charge in [0, 0.05) is 26.1 Å². The monoisotopic (exact) mass is 324 g/mol. The minimum Gasteiger partial charge on any atom is -0.392 e. The Balaban J connectivity index is 1.70. The van der Waals surface area contributed by atoms with Crippen LogP contribution in [0.15, 0.2) is 30.3 Å². The quantitative estimate of drug-likeness (QED) is 0.662. The van der Waals surface area contributed by atoms with E-state index in [2.05, 4.69) is 42.5 Å². The molecule has 0 spiro atoms. The first kappa shape index (κ1) is 14.9. The van der Waals surface area contributed by atoms with Crippen LogP contribution in [0.4, 0.5) is 11.8 Å². The molecule has 0 fully saturated rings. The van der Waals surface area contributed by atoms with E-state index in [1.54, 1.807) is 6.92 Å². The van der Waals surface area contributed by atoms with E-state index in [1.165, 1.54) is 5.56 Å². The van der Waals surface area contributed by atoms with E-state index in [4.69, 9.17) is 0 Å². The Morgan fingerprint density at radius 1 is 1.29 bits per heavy atom. The molecule has 1 aromatic carbocycles. The van der Waals surface area contributed by atoms with Crippen molar-refractivity contribution in [1.82, 2.24) is 20.2 Å². The highest BCUT2D eigenvalue weighted by atomic mass is 16.3. The lowest BCUT2D eigenvalue weighted by atomic mass is 10.1. The first-order valence-corrected chi connectivity index (χ1v) is 8.16. The van der Waals surface area contributed by atoms with E-state index in [1.807, 2.05) is 18.2 Å². The summed E-state index contributed by atoms with van der Waals surface area (Å²) in [7, 11) is 0. The predicted octanol–water partition coefficient (Wildman–Crippen LogP) is 1.71. The lowest BCUT2D eigenvalue weighted by Crippen LogP contribution is -2.30. The average molecular weight is 324 g/mol. The summed E-state index contributed by atoms with van der Waals surface area (Å²) in [5.41, 5.74) is 3.00.